The van der Waals surface area contributed by atoms with Gasteiger partial charge in [0.15, 0.2) is 11.6 Å². The summed E-state index contributed by atoms with van der Waals surface area (Å²) in [5.41, 5.74) is 1.50. The first-order chi connectivity index (χ1) is 20.5. The number of aromatic nitrogens is 2. The van der Waals surface area contributed by atoms with Crippen molar-refractivity contribution in [1.82, 2.24) is 19.8 Å². The molecule has 0 atom stereocenters. The maximum atomic E-state index is 14.2. The lowest BCUT2D eigenvalue weighted by atomic mass is 10.0. The molecule has 2 fully saturated rings. The van der Waals surface area contributed by atoms with E-state index in [1.165, 1.54) is 29.9 Å². The lowest BCUT2D eigenvalue weighted by molar-refractivity contribution is -0.122. The molecule has 2 aliphatic heterocycles. The number of methoxy groups -OCH3 is 1. The Kier molecular flexibility index (Phi) is 9.36. The summed E-state index contributed by atoms with van der Waals surface area (Å²) >= 11 is 0. The third-order valence-corrected chi connectivity index (χ3v) is 9.96. The zero-order chi connectivity index (χ0) is 30.7. The third-order valence-electron chi connectivity index (χ3n) is 8.24. The fourth-order valence-electron chi connectivity index (χ4n) is 5.98. The molecule has 3 aromatic rings. The van der Waals surface area contributed by atoms with Crippen molar-refractivity contribution in [2.24, 2.45) is 5.92 Å². The molecule has 2 aliphatic rings. The minimum atomic E-state index is -2.87. The van der Waals surface area contributed by atoms with Gasteiger partial charge in [-0.25, -0.2) is 17.8 Å². The van der Waals surface area contributed by atoms with Crippen LogP contribution in [-0.2, 0) is 21.2 Å². The molecule has 3 heterocycles. The van der Waals surface area contributed by atoms with Gasteiger partial charge in [0.25, 0.3) is 5.56 Å². The molecule has 5 rings (SSSR count). The highest BCUT2D eigenvalue weighted by Crippen LogP contribution is 2.28. The Balaban J connectivity index is 1.42. The SMILES string of the molecule is COc1cc(-c2nc3ccc(N4CCCN(CC5CCS(=O)(=O)CC5)CC4)cc3c(=O)n2CC(=O)NC(C)C)ccc1F. The van der Waals surface area contributed by atoms with Crippen molar-refractivity contribution in [3.05, 3.63) is 52.6 Å². The normalized spacial score (nSPS) is 18.1. The van der Waals surface area contributed by atoms with Gasteiger partial charge in [-0.05, 0) is 82.0 Å². The molecule has 0 unspecified atom stereocenters. The number of ether oxygens (including phenoxy) is 1. The Morgan fingerprint density at radius 2 is 1.86 bits per heavy atom. The number of nitrogens with one attached hydrogen (secondary N) is 1. The van der Waals surface area contributed by atoms with Crippen LogP contribution in [0.1, 0.15) is 33.1 Å². The van der Waals surface area contributed by atoms with Crippen LogP contribution in [0.3, 0.4) is 0 Å². The topological polar surface area (TPSA) is 114 Å². The summed E-state index contributed by atoms with van der Waals surface area (Å²) in [6.45, 7) is 7.76. The van der Waals surface area contributed by atoms with Crippen LogP contribution in [0.25, 0.3) is 22.3 Å². The highest BCUT2D eigenvalue weighted by Gasteiger charge is 2.26. The maximum absolute atomic E-state index is 14.2. The summed E-state index contributed by atoms with van der Waals surface area (Å²) in [6, 6.07) is 9.77. The standard InChI is InChI=1S/C31H40FN5O5S/c1-21(2)33-29(38)20-37-30(23-5-7-26(32)28(17-23)42-3)34-27-8-6-24(18-25(27)31(37)39)36-12-4-11-35(13-14-36)19-22-9-15-43(40,41)16-10-22/h5-8,17-18,21-22H,4,9-16,19-20H2,1-3H3,(H,33,38). The molecule has 232 valence electrons. The summed E-state index contributed by atoms with van der Waals surface area (Å²) in [4.78, 5) is 36.2. The van der Waals surface area contributed by atoms with E-state index in [1.807, 2.05) is 32.0 Å². The molecular formula is C31H40FN5O5S. The van der Waals surface area contributed by atoms with Crippen LogP contribution in [0.5, 0.6) is 5.75 Å². The molecule has 1 amide bonds. The van der Waals surface area contributed by atoms with Gasteiger partial charge >= 0.3 is 0 Å². The van der Waals surface area contributed by atoms with Crippen molar-refractivity contribution < 1.29 is 22.3 Å². The van der Waals surface area contributed by atoms with Crippen molar-refractivity contribution in [2.45, 2.75) is 45.7 Å². The maximum Gasteiger partial charge on any atom is 0.262 e. The van der Waals surface area contributed by atoms with Gasteiger partial charge in [0, 0.05) is 43.5 Å². The van der Waals surface area contributed by atoms with Crippen LogP contribution in [0.2, 0.25) is 0 Å². The lowest BCUT2D eigenvalue weighted by Crippen LogP contribution is -2.37. The fourth-order valence-corrected chi connectivity index (χ4v) is 7.57. The molecule has 0 saturated carbocycles. The highest BCUT2D eigenvalue weighted by molar-refractivity contribution is 7.91. The number of carbonyl (C=O) groups is 1. The predicted molar refractivity (Wildman–Crippen MR) is 166 cm³/mol. The highest BCUT2D eigenvalue weighted by atomic mass is 32.2. The van der Waals surface area contributed by atoms with Gasteiger partial charge in [0.2, 0.25) is 5.91 Å². The van der Waals surface area contributed by atoms with Gasteiger partial charge in [-0.1, -0.05) is 0 Å². The molecule has 0 spiro atoms. The quantitative estimate of drug-likeness (QED) is 0.413. The van der Waals surface area contributed by atoms with E-state index >= 15 is 0 Å². The van der Waals surface area contributed by atoms with E-state index in [0.29, 0.717) is 22.4 Å². The number of amides is 1. The van der Waals surface area contributed by atoms with Crippen LogP contribution in [0.15, 0.2) is 41.2 Å². The summed E-state index contributed by atoms with van der Waals surface area (Å²) in [5.74, 6) is 0.390. The first kappa shape index (κ1) is 30.9. The largest absolute Gasteiger partial charge is 0.494 e. The lowest BCUT2D eigenvalue weighted by Gasteiger charge is -2.29. The van der Waals surface area contributed by atoms with Crippen molar-refractivity contribution in [2.75, 3.05) is 56.2 Å². The Labute approximate surface area is 251 Å². The minimum absolute atomic E-state index is 0.0177. The molecule has 0 bridgehead atoms. The smallest absolute Gasteiger partial charge is 0.262 e. The van der Waals surface area contributed by atoms with Crippen LogP contribution < -0.4 is 20.5 Å². The van der Waals surface area contributed by atoms with Crippen molar-refractivity contribution >= 4 is 32.3 Å². The summed E-state index contributed by atoms with van der Waals surface area (Å²) < 4.78 is 44.3. The molecule has 1 aromatic heterocycles. The summed E-state index contributed by atoms with van der Waals surface area (Å²) in [6.07, 6.45) is 2.41. The first-order valence-corrected chi connectivity index (χ1v) is 16.7. The van der Waals surface area contributed by atoms with E-state index in [9.17, 15) is 22.4 Å². The number of rotatable bonds is 8. The van der Waals surface area contributed by atoms with Crippen molar-refractivity contribution in [1.29, 1.82) is 0 Å². The molecule has 12 heteroatoms. The van der Waals surface area contributed by atoms with E-state index in [2.05, 4.69) is 15.1 Å². The van der Waals surface area contributed by atoms with Gasteiger partial charge in [0.1, 0.15) is 22.2 Å². The summed E-state index contributed by atoms with van der Waals surface area (Å²) in [7, 11) is -1.50. The Morgan fingerprint density at radius 1 is 1.09 bits per heavy atom. The van der Waals surface area contributed by atoms with E-state index < -0.39 is 15.7 Å². The average molecular weight is 614 g/mol. The van der Waals surface area contributed by atoms with E-state index in [0.717, 1.165) is 57.7 Å². The number of carbonyl (C=O) groups excluding carboxylic acids is 1. The first-order valence-electron chi connectivity index (χ1n) is 14.9. The number of hydrogen-bond donors (Lipinski definition) is 1. The predicted octanol–water partition coefficient (Wildman–Crippen LogP) is 3.07. The molecule has 2 aromatic carbocycles. The zero-order valence-electron chi connectivity index (χ0n) is 25.0. The molecule has 2 saturated heterocycles. The second kappa shape index (κ2) is 13.0. The Hall–Kier alpha value is -3.51. The molecule has 10 nitrogen and oxygen atoms in total. The number of nitrogens with zero attached hydrogens (tertiary/aromatic N) is 4. The van der Waals surface area contributed by atoms with Gasteiger partial charge in [0.05, 0.1) is 29.5 Å². The number of fused-ring (bicyclic) bond motifs is 1. The van der Waals surface area contributed by atoms with Gasteiger partial charge in [-0.15, -0.1) is 0 Å². The number of benzene rings is 2. The molecule has 1 N–H and O–H groups in total. The second-order valence-corrected chi connectivity index (χ2v) is 14.1. The molecular weight excluding hydrogens is 573 g/mol. The monoisotopic (exact) mass is 613 g/mol. The van der Waals surface area contributed by atoms with Crippen LogP contribution >= 0.6 is 0 Å². The third kappa shape index (κ3) is 7.35. The number of halogens is 1. The molecule has 43 heavy (non-hydrogen) atoms. The van der Waals surface area contributed by atoms with Gasteiger partial charge in [-0.3, -0.25) is 14.2 Å². The van der Waals surface area contributed by atoms with E-state index in [1.54, 1.807) is 0 Å². The number of anilines is 1. The Bertz CT molecular complexity index is 1640. The second-order valence-electron chi connectivity index (χ2n) is 11.8. The van der Waals surface area contributed by atoms with Crippen molar-refractivity contribution in [3.63, 3.8) is 0 Å². The summed E-state index contributed by atoms with van der Waals surface area (Å²) in [5, 5.41) is 3.23. The number of sulfone groups is 1. The fraction of sp³-hybridized carbons (Fsp3) is 0.516. The van der Waals surface area contributed by atoms with E-state index in [-0.39, 0.29) is 47.1 Å². The van der Waals surface area contributed by atoms with Crippen LogP contribution in [0, 0.1) is 11.7 Å². The van der Waals surface area contributed by atoms with E-state index in [4.69, 9.17) is 9.72 Å². The molecule has 0 aliphatic carbocycles. The van der Waals surface area contributed by atoms with Gasteiger partial charge < -0.3 is 19.9 Å². The van der Waals surface area contributed by atoms with Crippen molar-refractivity contribution in [3.8, 4) is 17.1 Å². The molecule has 0 radical (unpaired) electrons. The Morgan fingerprint density at radius 3 is 2.58 bits per heavy atom. The van der Waals surface area contributed by atoms with Crippen LogP contribution in [0.4, 0.5) is 10.1 Å². The average Bonchev–Trinajstić information content (AvgIpc) is 3.21. The minimum Gasteiger partial charge on any atom is -0.494 e. The zero-order valence-corrected chi connectivity index (χ0v) is 25.8. The van der Waals surface area contributed by atoms with Gasteiger partial charge in [-0.2, -0.15) is 0 Å². The van der Waals surface area contributed by atoms with Crippen LogP contribution in [-0.4, -0.2) is 86.2 Å². The number of hydrogen-bond acceptors (Lipinski definition) is 8.